The monoisotopic (exact) mass is 417 g/mol. The van der Waals surface area contributed by atoms with Crippen molar-refractivity contribution in [1.82, 2.24) is 5.32 Å². The highest BCUT2D eigenvalue weighted by Crippen LogP contribution is 2.31. The van der Waals surface area contributed by atoms with Gasteiger partial charge in [-0.25, -0.2) is 9.59 Å². The van der Waals surface area contributed by atoms with Crippen LogP contribution in [0.2, 0.25) is 5.02 Å². The van der Waals surface area contributed by atoms with Crippen molar-refractivity contribution in [3.8, 4) is 5.75 Å². The second-order valence-electron chi connectivity index (χ2n) is 5.71. The van der Waals surface area contributed by atoms with Crippen LogP contribution in [0.3, 0.4) is 0 Å². The fraction of sp³-hybridized carbons (Fsp3) is 0.471. The molecule has 0 bridgehead atoms. The number of urea groups is 1. The van der Waals surface area contributed by atoms with Gasteiger partial charge in [-0.1, -0.05) is 11.6 Å². The van der Waals surface area contributed by atoms with E-state index in [1.54, 1.807) is 19.1 Å². The number of anilines is 1. The molecule has 0 radical (unpaired) electrons. The van der Waals surface area contributed by atoms with E-state index in [1.165, 1.54) is 25.8 Å². The van der Waals surface area contributed by atoms with Crippen LogP contribution in [0, 0.1) is 6.92 Å². The molecule has 0 saturated carbocycles. The molecule has 0 aliphatic carbocycles. The molecule has 1 aromatic rings. The number of nitrogens with one attached hydrogen (secondary N) is 2. The van der Waals surface area contributed by atoms with Gasteiger partial charge in [0.15, 0.2) is 6.10 Å². The summed E-state index contributed by atoms with van der Waals surface area (Å²) in [6.45, 7) is 3.21. The number of amides is 3. The number of hydrogen-bond donors (Lipinski definition) is 3. The molecule has 1 aromatic carbocycles. The standard InChI is InChI=1S/C17H24ClN3O5S/c1-9-7-13(14(25-3)8-11(9)18)20-15(22)10(2)26-16(23)12(5-6-27-4)21-17(19)24/h7-8,10,12H,5-6H2,1-4H3,(H,20,22)(H3,19,21,24)/t10-,12-/m0/s1. The van der Waals surface area contributed by atoms with Gasteiger partial charge in [0.2, 0.25) is 0 Å². The molecule has 0 saturated heterocycles. The maximum absolute atomic E-state index is 12.4. The van der Waals surface area contributed by atoms with Crippen LogP contribution >= 0.6 is 23.4 Å². The molecule has 0 aliphatic heterocycles. The summed E-state index contributed by atoms with van der Waals surface area (Å²) in [7, 11) is 1.45. The SMILES string of the molecule is COc1cc(Cl)c(C)cc1NC(=O)[C@H](C)OC(=O)[C@H](CCSC)NC(N)=O. The molecule has 0 aliphatic rings. The van der Waals surface area contributed by atoms with Gasteiger partial charge in [-0.2, -0.15) is 11.8 Å². The summed E-state index contributed by atoms with van der Waals surface area (Å²) in [6, 6.07) is 1.48. The number of carbonyl (C=O) groups excluding carboxylic acids is 3. The molecular weight excluding hydrogens is 394 g/mol. The number of ether oxygens (including phenoxy) is 2. The smallest absolute Gasteiger partial charge is 0.329 e. The molecule has 1 rings (SSSR count). The summed E-state index contributed by atoms with van der Waals surface area (Å²) in [5.74, 6) is -0.288. The van der Waals surface area contributed by atoms with Gasteiger partial charge >= 0.3 is 12.0 Å². The molecule has 27 heavy (non-hydrogen) atoms. The molecule has 2 atom stereocenters. The lowest BCUT2D eigenvalue weighted by Gasteiger charge is -2.20. The van der Waals surface area contributed by atoms with Crippen LogP contribution in [0.5, 0.6) is 5.75 Å². The van der Waals surface area contributed by atoms with E-state index in [1.807, 2.05) is 6.26 Å². The molecular formula is C17H24ClN3O5S. The van der Waals surface area contributed by atoms with E-state index in [0.717, 1.165) is 5.56 Å². The normalized spacial score (nSPS) is 12.6. The van der Waals surface area contributed by atoms with Crippen molar-refractivity contribution < 1.29 is 23.9 Å². The Morgan fingerprint density at radius 2 is 2.00 bits per heavy atom. The maximum atomic E-state index is 12.4. The highest BCUT2D eigenvalue weighted by molar-refractivity contribution is 7.98. The molecule has 0 heterocycles. The average molecular weight is 418 g/mol. The molecule has 8 nitrogen and oxygen atoms in total. The number of halogens is 1. The van der Waals surface area contributed by atoms with E-state index < -0.39 is 30.1 Å². The Balaban J connectivity index is 2.79. The van der Waals surface area contributed by atoms with Crippen molar-refractivity contribution >= 4 is 47.0 Å². The Bertz CT molecular complexity index is 701. The number of aryl methyl sites for hydroxylation is 1. The Kier molecular flexibility index (Phi) is 9.23. The molecule has 0 aromatic heterocycles. The minimum absolute atomic E-state index is 0.335. The Labute approximate surface area is 167 Å². The summed E-state index contributed by atoms with van der Waals surface area (Å²) in [5, 5.41) is 5.47. The number of nitrogens with two attached hydrogens (primary N) is 1. The van der Waals surface area contributed by atoms with Gasteiger partial charge in [0.05, 0.1) is 12.8 Å². The van der Waals surface area contributed by atoms with Crippen molar-refractivity contribution in [1.29, 1.82) is 0 Å². The minimum atomic E-state index is -1.09. The topological polar surface area (TPSA) is 120 Å². The summed E-state index contributed by atoms with van der Waals surface area (Å²) in [6.07, 6.45) is 1.11. The van der Waals surface area contributed by atoms with Crippen molar-refractivity contribution in [2.75, 3.05) is 24.4 Å². The van der Waals surface area contributed by atoms with E-state index in [9.17, 15) is 14.4 Å². The van der Waals surface area contributed by atoms with Crippen LogP contribution in [0.4, 0.5) is 10.5 Å². The Hall–Kier alpha value is -2.13. The van der Waals surface area contributed by atoms with Crippen LogP contribution in [-0.2, 0) is 14.3 Å². The Morgan fingerprint density at radius 1 is 1.33 bits per heavy atom. The predicted octanol–water partition coefficient (Wildman–Crippen LogP) is 2.32. The van der Waals surface area contributed by atoms with Crippen LogP contribution in [0.25, 0.3) is 0 Å². The predicted molar refractivity (Wildman–Crippen MR) is 106 cm³/mol. The third-order valence-corrected chi connectivity index (χ3v) is 4.66. The largest absolute Gasteiger partial charge is 0.495 e. The number of rotatable bonds is 9. The Morgan fingerprint density at radius 3 is 2.56 bits per heavy atom. The van der Waals surface area contributed by atoms with E-state index in [-0.39, 0.29) is 0 Å². The first kappa shape index (κ1) is 22.9. The number of carbonyl (C=O) groups is 3. The van der Waals surface area contributed by atoms with Crippen molar-refractivity contribution in [3.05, 3.63) is 22.7 Å². The lowest BCUT2D eigenvalue weighted by molar-refractivity contribution is -0.155. The third-order valence-electron chi connectivity index (χ3n) is 3.61. The molecule has 4 N–H and O–H groups in total. The molecule has 0 unspecified atom stereocenters. The van der Waals surface area contributed by atoms with Crippen LogP contribution in [0.1, 0.15) is 18.9 Å². The van der Waals surface area contributed by atoms with Crippen molar-refractivity contribution in [3.63, 3.8) is 0 Å². The average Bonchev–Trinajstić information content (AvgIpc) is 2.60. The van der Waals surface area contributed by atoms with Gasteiger partial charge in [-0.3, -0.25) is 4.79 Å². The summed E-state index contributed by atoms with van der Waals surface area (Å²) in [4.78, 5) is 35.7. The van der Waals surface area contributed by atoms with Gasteiger partial charge in [-0.05, 0) is 43.9 Å². The second kappa shape index (κ2) is 10.9. The zero-order valence-corrected chi connectivity index (χ0v) is 17.2. The van der Waals surface area contributed by atoms with Gasteiger partial charge < -0.3 is 25.8 Å². The van der Waals surface area contributed by atoms with Crippen LogP contribution < -0.4 is 21.1 Å². The highest BCUT2D eigenvalue weighted by Gasteiger charge is 2.26. The maximum Gasteiger partial charge on any atom is 0.329 e. The number of methoxy groups -OCH3 is 1. The van der Waals surface area contributed by atoms with E-state index in [0.29, 0.717) is 28.6 Å². The number of thioether (sulfide) groups is 1. The zero-order valence-electron chi connectivity index (χ0n) is 15.6. The number of hydrogen-bond acceptors (Lipinski definition) is 6. The molecule has 3 amide bonds. The molecule has 0 spiro atoms. The summed E-state index contributed by atoms with van der Waals surface area (Å²) < 4.78 is 10.4. The zero-order chi connectivity index (χ0) is 20.6. The van der Waals surface area contributed by atoms with E-state index in [4.69, 9.17) is 26.8 Å². The van der Waals surface area contributed by atoms with Crippen LogP contribution in [0.15, 0.2) is 12.1 Å². The van der Waals surface area contributed by atoms with Gasteiger partial charge in [-0.15, -0.1) is 0 Å². The van der Waals surface area contributed by atoms with Gasteiger partial charge in [0.25, 0.3) is 5.91 Å². The van der Waals surface area contributed by atoms with E-state index >= 15 is 0 Å². The molecule has 10 heteroatoms. The summed E-state index contributed by atoms with van der Waals surface area (Å²) >= 11 is 7.55. The number of primary amides is 1. The second-order valence-corrected chi connectivity index (χ2v) is 7.11. The lowest BCUT2D eigenvalue weighted by atomic mass is 10.2. The highest BCUT2D eigenvalue weighted by atomic mass is 35.5. The third kappa shape index (κ3) is 7.18. The summed E-state index contributed by atoms with van der Waals surface area (Å²) in [5.41, 5.74) is 6.24. The number of benzene rings is 1. The van der Waals surface area contributed by atoms with Crippen molar-refractivity contribution in [2.24, 2.45) is 5.73 Å². The van der Waals surface area contributed by atoms with Gasteiger partial charge in [0.1, 0.15) is 11.8 Å². The first-order valence-corrected chi connectivity index (χ1v) is 9.87. The fourth-order valence-electron chi connectivity index (χ4n) is 2.13. The minimum Gasteiger partial charge on any atom is -0.495 e. The first-order valence-electron chi connectivity index (χ1n) is 8.10. The first-order chi connectivity index (χ1) is 12.7. The number of esters is 1. The molecule has 150 valence electrons. The van der Waals surface area contributed by atoms with Crippen LogP contribution in [-0.4, -0.2) is 49.2 Å². The fourth-order valence-corrected chi connectivity index (χ4v) is 2.76. The lowest BCUT2D eigenvalue weighted by Crippen LogP contribution is -2.46. The van der Waals surface area contributed by atoms with Crippen molar-refractivity contribution in [2.45, 2.75) is 32.4 Å². The quantitative estimate of drug-likeness (QED) is 0.530. The van der Waals surface area contributed by atoms with Gasteiger partial charge in [0, 0.05) is 11.1 Å². The molecule has 0 fully saturated rings. The van der Waals surface area contributed by atoms with E-state index in [2.05, 4.69) is 10.6 Å².